The molecule has 2 heterocycles. The molecule has 0 bridgehead atoms. The van der Waals surface area contributed by atoms with E-state index in [1.165, 1.54) is 29.3 Å². The Morgan fingerprint density at radius 2 is 2.26 bits per heavy atom. The Kier molecular flexibility index (Phi) is 4.67. The van der Waals surface area contributed by atoms with Gasteiger partial charge in [-0.05, 0) is 19.3 Å². The third-order valence-electron chi connectivity index (χ3n) is 3.33. The molecule has 2 aromatic rings. The van der Waals surface area contributed by atoms with E-state index in [-0.39, 0.29) is 29.3 Å². The summed E-state index contributed by atoms with van der Waals surface area (Å²) >= 11 is 2.77. The maximum absolute atomic E-state index is 12.0. The summed E-state index contributed by atoms with van der Waals surface area (Å²) in [6.07, 6.45) is 2.76. The monoisotopic (exact) mass is 349 g/mol. The SMILES string of the molecule is Cc1nnc(SCC(=O)Nc2ncc3c(n2)C[C@@H](C)CC3=O)s1. The van der Waals surface area contributed by atoms with Gasteiger partial charge in [-0.1, -0.05) is 30.0 Å². The molecule has 0 saturated heterocycles. The molecule has 120 valence electrons. The number of nitrogens with one attached hydrogen (secondary N) is 1. The highest BCUT2D eigenvalue weighted by atomic mass is 32.2. The van der Waals surface area contributed by atoms with E-state index in [1.54, 1.807) is 0 Å². The second-order valence-electron chi connectivity index (χ2n) is 5.41. The van der Waals surface area contributed by atoms with E-state index in [0.717, 1.165) is 15.8 Å². The van der Waals surface area contributed by atoms with Crippen LogP contribution in [0.3, 0.4) is 0 Å². The summed E-state index contributed by atoms with van der Waals surface area (Å²) in [5.74, 6) is 0.580. The van der Waals surface area contributed by atoms with Crippen LogP contribution in [0.2, 0.25) is 0 Å². The fourth-order valence-corrected chi connectivity index (χ4v) is 3.93. The van der Waals surface area contributed by atoms with Gasteiger partial charge in [0.1, 0.15) is 5.01 Å². The summed E-state index contributed by atoms with van der Waals surface area (Å²) in [4.78, 5) is 32.3. The van der Waals surface area contributed by atoms with Crippen LogP contribution in [0.1, 0.15) is 34.4 Å². The molecule has 0 aliphatic heterocycles. The zero-order chi connectivity index (χ0) is 16.4. The van der Waals surface area contributed by atoms with Crippen molar-refractivity contribution in [1.82, 2.24) is 20.2 Å². The van der Waals surface area contributed by atoms with Gasteiger partial charge in [0.25, 0.3) is 0 Å². The molecule has 23 heavy (non-hydrogen) atoms. The van der Waals surface area contributed by atoms with Gasteiger partial charge in [-0.25, -0.2) is 9.97 Å². The van der Waals surface area contributed by atoms with Crippen molar-refractivity contribution in [3.63, 3.8) is 0 Å². The van der Waals surface area contributed by atoms with Gasteiger partial charge in [-0.3, -0.25) is 14.9 Å². The fraction of sp³-hybridized carbons (Fsp3) is 0.429. The molecule has 2 aromatic heterocycles. The number of ketones is 1. The van der Waals surface area contributed by atoms with Crippen LogP contribution in [0.15, 0.2) is 10.5 Å². The van der Waals surface area contributed by atoms with Gasteiger partial charge in [0.2, 0.25) is 11.9 Å². The highest BCUT2D eigenvalue weighted by Crippen LogP contribution is 2.24. The van der Waals surface area contributed by atoms with E-state index in [9.17, 15) is 9.59 Å². The minimum Gasteiger partial charge on any atom is -0.294 e. The summed E-state index contributed by atoms with van der Waals surface area (Å²) in [6.45, 7) is 3.88. The number of anilines is 1. The van der Waals surface area contributed by atoms with E-state index in [4.69, 9.17) is 0 Å². The van der Waals surface area contributed by atoms with E-state index < -0.39 is 0 Å². The first-order valence-corrected chi connectivity index (χ1v) is 8.93. The molecule has 0 aromatic carbocycles. The number of aryl methyl sites for hydroxylation is 1. The third kappa shape index (κ3) is 3.91. The van der Waals surface area contributed by atoms with E-state index in [0.29, 0.717) is 17.7 Å². The number of carbonyl (C=O) groups excluding carboxylic acids is 2. The molecule has 0 unspecified atom stereocenters. The Labute approximate surface area is 141 Å². The average Bonchev–Trinajstić information content (AvgIpc) is 2.90. The summed E-state index contributed by atoms with van der Waals surface area (Å²) in [5.41, 5.74) is 1.28. The van der Waals surface area contributed by atoms with Crippen molar-refractivity contribution in [1.29, 1.82) is 0 Å². The largest absolute Gasteiger partial charge is 0.294 e. The maximum atomic E-state index is 12.0. The van der Waals surface area contributed by atoms with Crippen molar-refractivity contribution in [3.8, 4) is 0 Å². The second kappa shape index (κ2) is 6.71. The van der Waals surface area contributed by atoms with Crippen LogP contribution >= 0.6 is 23.1 Å². The van der Waals surface area contributed by atoms with Crippen molar-refractivity contribution in [3.05, 3.63) is 22.5 Å². The lowest BCUT2D eigenvalue weighted by Crippen LogP contribution is -2.22. The lowest BCUT2D eigenvalue weighted by molar-refractivity contribution is -0.113. The first-order chi connectivity index (χ1) is 11.0. The molecular weight excluding hydrogens is 334 g/mol. The molecule has 0 fully saturated rings. The van der Waals surface area contributed by atoms with Crippen LogP contribution in [0, 0.1) is 12.8 Å². The fourth-order valence-electron chi connectivity index (χ4n) is 2.32. The Hall–Kier alpha value is -1.87. The summed E-state index contributed by atoms with van der Waals surface area (Å²) in [7, 11) is 0. The lowest BCUT2D eigenvalue weighted by atomic mass is 9.88. The number of amides is 1. The summed E-state index contributed by atoms with van der Waals surface area (Å²) in [6, 6.07) is 0. The smallest absolute Gasteiger partial charge is 0.237 e. The van der Waals surface area contributed by atoms with Crippen LogP contribution in [0.4, 0.5) is 5.95 Å². The maximum Gasteiger partial charge on any atom is 0.237 e. The zero-order valence-corrected chi connectivity index (χ0v) is 14.3. The van der Waals surface area contributed by atoms with Crippen LogP contribution < -0.4 is 5.32 Å². The number of rotatable bonds is 4. The van der Waals surface area contributed by atoms with Crippen molar-refractivity contribution in [2.75, 3.05) is 11.1 Å². The number of hydrogen-bond acceptors (Lipinski definition) is 8. The summed E-state index contributed by atoms with van der Waals surface area (Å²) in [5, 5.41) is 11.4. The molecule has 1 N–H and O–H groups in total. The lowest BCUT2D eigenvalue weighted by Gasteiger charge is -2.19. The molecule has 3 rings (SSSR count). The highest BCUT2D eigenvalue weighted by Gasteiger charge is 2.24. The predicted molar refractivity (Wildman–Crippen MR) is 87.8 cm³/mol. The number of fused-ring (bicyclic) bond motifs is 1. The van der Waals surface area contributed by atoms with Crippen molar-refractivity contribution >= 4 is 40.7 Å². The van der Waals surface area contributed by atoms with Crippen molar-refractivity contribution < 1.29 is 9.59 Å². The highest BCUT2D eigenvalue weighted by molar-refractivity contribution is 8.01. The molecule has 0 saturated carbocycles. The van der Waals surface area contributed by atoms with Gasteiger partial charge in [0, 0.05) is 12.6 Å². The van der Waals surface area contributed by atoms with Crippen molar-refractivity contribution in [2.45, 2.75) is 31.0 Å². The molecule has 0 radical (unpaired) electrons. The topological polar surface area (TPSA) is 97.7 Å². The number of hydrogen-bond donors (Lipinski definition) is 1. The summed E-state index contributed by atoms with van der Waals surface area (Å²) < 4.78 is 0.753. The molecule has 0 spiro atoms. The number of carbonyl (C=O) groups is 2. The number of Topliss-reactive ketones (excluding diaryl/α,β-unsaturated/α-hetero) is 1. The van der Waals surface area contributed by atoms with Gasteiger partial charge in [0.05, 0.1) is 17.0 Å². The molecule has 9 heteroatoms. The van der Waals surface area contributed by atoms with Crippen LogP contribution in [0.25, 0.3) is 0 Å². The number of aromatic nitrogens is 4. The van der Waals surface area contributed by atoms with E-state index in [2.05, 4.69) is 25.5 Å². The Morgan fingerprint density at radius 1 is 1.43 bits per heavy atom. The first-order valence-electron chi connectivity index (χ1n) is 7.13. The number of nitrogens with zero attached hydrogens (tertiary/aromatic N) is 4. The van der Waals surface area contributed by atoms with Gasteiger partial charge >= 0.3 is 0 Å². The normalized spacial score (nSPS) is 17.0. The zero-order valence-electron chi connectivity index (χ0n) is 12.7. The van der Waals surface area contributed by atoms with Gasteiger partial charge in [0.15, 0.2) is 10.1 Å². The molecule has 1 aliphatic rings. The molecule has 1 atom stereocenters. The minimum atomic E-state index is -0.210. The molecular formula is C14H15N5O2S2. The van der Waals surface area contributed by atoms with E-state index >= 15 is 0 Å². The average molecular weight is 349 g/mol. The Balaban J connectivity index is 1.62. The standard InChI is InChI=1S/C14H15N5O2S2/c1-7-3-10-9(11(20)4-7)5-15-13(16-10)17-12(21)6-22-14-19-18-8(2)23-14/h5,7H,3-4,6H2,1-2H3,(H,15,16,17,21)/t7-/m1/s1. The van der Waals surface area contributed by atoms with Crippen LogP contribution in [0.5, 0.6) is 0 Å². The molecule has 1 amide bonds. The van der Waals surface area contributed by atoms with Gasteiger partial charge in [-0.2, -0.15) is 0 Å². The van der Waals surface area contributed by atoms with Gasteiger partial charge in [-0.15, -0.1) is 10.2 Å². The minimum absolute atomic E-state index is 0.0684. The predicted octanol–water partition coefficient (Wildman–Crippen LogP) is 2.13. The number of thioether (sulfide) groups is 1. The van der Waals surface area contributed by atoms with Crippen molar-refractivity contribution in [2.24, 2.45) is 5.92 Å². The Morgan fingerprint density at radius 3 is 3.00 bits per heavy atom. The van der Waals surface area contributed by atoms with E-state index in [1.807, 2.05) is 13.8 Å². The Bertz CT molecular complexity index is 761. The third-order valence-corrected chi connectivity index (χ3v) is 5.30. The molecule has 1 aliphatic carbocycles. The quantitative estimate of drug-likeness (QED) is 0.844. The first kappa shape index (κ1) is 16.0. The molecule has 7 nitrogen and oxygen atoms in total. The van der Waals surface area contributed by atoms with Crippen LogP contribution in [-0.2, 0) is 11.2 Å². The second-order valence-corrected chi connectivity index (χ2v) is 7.82. The van der Waals surface area contributed by atoms with Gasteiger partial charge < -0.3 is 0 Å². The van der Waals surface area contributed by atoms with Crippen LogP contribution in [-0.4, -0.2) is 37.6 Å².